The van der Waals surface area contributed by atoms with Gasteiger partial charge in [0, 0.05) is 5.41 Å². The molecule has 11 heavy (non-hydrogen) atoms. The van der Waals surface area contributed by atoms with E-state index in [2.05, 4.69) is 10.2 Å². The highest BCUT2D eigenvalue weighted by Gasteiger charge is 2.70. The summed E-state index contributed by atoms with van der Waals surface area (Å²) in [5, 5.41) is 6.15. The summed E-state index contributed by atoms with van der Waals surface area (Å²) in [7, 11) is 0. The zero-order valence-corrected chi connectivity index (χ0v) is 6.53. The summed E-state index contributed by atoms with van der Waals surface area (Å²) >= 11 is 0. The fourth-order valence-electron chi connectivity index (χ4n) is 0.889. The highest BCUT2D eigenvalue weighted by molar-refractivity contribution is 5.08. The molecule has 2 nitrogen and oxygen atoms in total. The van der Waals surface area contributed by atoms with Crippen molar-refractivity contribution < 1.29 is 13.2 Å². The average molecular weight is 166 g/mol. The van der Waals surface area contributed by atoms with Gasteiger partial charge in [0.05, 0.1) is 0 Å². The first-order chi connectivity index (χ1) is 4.71. The van der Waals surface area contributed by atoms with E-state index in [1.807, 2.05) is 0 Å². The van der Waals surface area contributed by atoms with E-state index in [-0.39, 0.29) is 0 Å². The number of hydrogen-bond donors (Lipinski definition) is 0. The normalized spacial score (nSPS) is 22.0. The molecule has 0 saturated heterocycles. The van der Waals surface area contributed by atoms with Crippen LogP contribution in [0.25, 0.3) is 0 Å². The van der Waals surface area contributed by atoms with Crippen molar-refractivity contribution in [2.75, 3.05) is 0 Å². The molecule has 0 N–H and O–H groups in total. The van der Waals surface area contributed by atoms with Gasteiger partial charge in [0.15, 0.2) is 0 Å². The van der Waals surface area contributed by atoms with Crippen molar-refractivity contribution in [2.24, 2.45) is 15.6 Å². The van der Waals surface area contributed by atoms with E-state index in [4.69, 9.17) is 0 Å². The molecule has 1 heterocycles. The van der Waals surface area contributed by atoms with E-state index in [0.29, 0.717) is 0 Å². The molecule has 5 heteroatoms. The van der Waals surface area contributed by atoms with Crippen LogP contribution in [0.15, 0.2) is 10.2 Å². The van der Waals surface area contributed by atoms with E-state index in [0.717, 1.165) is 0 Å². The van der Waals surface area contributed by atoms with Crippen molar-refractivity contribution >= 4 is 0 Å². The minimum Gasteiger partial charge on any atom is -0.166 e. The molecule has 0 unspecified atom stereocenters. The van der Waals surface area contributed by atoms with Crippen molar-refractivity contribution in [2.45, 2.75) is 32.6 Å². The predicted molar refractivity (Wildman–Crippen MR) is 33.1 cm³/mol. The van der Waals surface area contributed by atoms with Gasteiger partial charge < -0.3 is 0 Å². The first-order valence-electron chi connectivity index (χ1n) is 3.21. The molecular formula is C6H9F3N2. The Morgan fingerprint density at radius 3 is 1.36 bits per heavy atom. The quantitative estimate of drug-likeness (QED) is 0.528. The Labute approximate surface area is 62.5 Å². The topological polar surface area (TPSA) is 24.7 Å². The lowest BCUT2D eigenvalue weighted by atomic mass is 9.83. The molecular weight excluding hydrogens is 157 g/mol. The van der Waals surface area contributed by atoms with Gasteiger partial charge in [-0.15, -0.1) is 10.2 Å². The minimum absolute atomic E-state index is 0.967. The Morgan fingerprint density at radius 1 is 1.00 bits per heavy atom. The van der Waals surface area contributed by atoms with Gasteiger partial charge in [0.25, 0.3) is 5.66 Å². The lowest BCUT2D eigenvalue weighted by Gasteiger charge is -2.27. The second-order valence-corrected chi connectivity index (χ2v) is 3.62. The number of nitrogens with zero attached hydrogens (tertiary/aromatic N) is 2. The van der Waals surface area contributed by atoms with Crippen molar-refractivity contribution in [1.29, 1.82) is 0 Å². The molecule has 0 amide bonds. The second kappa shape index (κ2) is 1.76. The molecule has 0 atom stereocenters. The number of rotatable bonds is 0. The molecule has 0 aliphatic carbocycles. The Balaban J connectivity index is 2.86. The van der Waals surface area contributed by atoms with E-state index in [1.165, 1.54) is 20.8 Å². The Bertz CT molecular complexity index is 177. The maximum Gasteiger partial charge on any atom is 0.438 e. The first-order valence-corrected chi connectivity index (χ1v) is 3.21. The Morgan fingerprint density at radius 2 is 1.36 bits per heavy atom. The van der Waals surface area contributed by atoms with E-state index in [1.54, 1.807) is 0 Å². The van der Waals surface area contributed by atoms with Crippen LogP contribution in [0.1, 0.15) is 20.8 Å². The largest absolute Gasteiger partial charge is 0.438 e. The first kappa shape index (κ1) is 8.49. The number of hydrogen-bond acceptors (Lipinski definition) is 2. The van der Waals surface area contributed by atoms with Crippen molar-refractivity contribution in [3.8, 4) is 0 Å². The lowest BCUT2D eigenvalue weighted by Crippen LogP contribution is -2.44. The van der Waals surface area contributed by atoms with Gasteiger partial charge >= 0.3 is 6.18 Å². The van der Waals surface area contributed by atoms with Gasteiger partial charge in [0.1, 0.15) is 0 Å². The van der Waals surface area contributed by atoms with Gasteiger partial charge in [-0.05, 0) is 0 Å². The van der Waals surface area contributed by atoms with Crippen molar-refractivity contribution in [1.82, 2.24) is 0 Å². The molecule has 0 bridgehead atoms. The van der Waals surface area contributed by atoms with Gasteiger partial charge in [-0.25, -0.2) is 0 Å². The number of alkyl halides is 3. The zero-order chi connectivity index (χ0) is 8.91. The van der Waals surface area contributed by atoms with Gasteiger partial charge in [-0.1, -0.05) is 20.8 Å². The predicted octanol–water partition coefficient (Wildman–Crippen LogP) is 2.76. The molecule has 64 valence electrons. The third-order valence-corrected chi connectivity index (χ3v) is 1.74. The monoisotopic (exact) mass is 166 g/mol. The smallest absolute Gasteiger partial charge is 0.166 e. The third kappa shape index (κ3) is 1.02. The van der Waals surface area contributed by atoms with E-state index < -0.39 is 17.3 Å². The van der Waals surface area contributed by atoms with Gasteiger partial charge in [-0.2, -0.15) is 13.2 Å². The van der Waals surface area contributed by atoms with E-state index in [9.17, 15) is 13.2 Å². The zero-order valence-electron chi connectivity index (χ0n) is 6.53. The fourth-order valence-corrected chi connectivity index (χ4v) is 0.889. The fraction of sp³-hybridized carbons (Fsp3) is 1.00. The summed E-state index contributed by atoms with van der Waals surface area (Å²) in [5.74, 6) is 0. The van der Waals surface area contributed by atoms with Gasteiger partial charge in [-0.3, -0.25) is 0 Å². The van der Waals surface area contributed by atoms with Crippen molar-refractivity contribution in [3.05, 3.63) is 0 Å². The highest BCUT2D eigenvalue weighted by atomic mass is 19.4. The molecule has 0 aromatic heterocycles. The van der Waals surface area contributed by atoms with Crippen LogP contribution in [0.2, 0.25) is 0 Å². The average Bonchev–Trinajstić information content (AvgIpc) is 2.31. The second-order valence-electron chi connectivity index (χ2n) is 3.62. The molecule has 1 aliphatic heterocycles. The van der Waals surface area contributed by atoms with Crippen LogP contribution < -0.4 is 0 Å². The number of halogens is 3. The molecule has 0 aromatic rings. The molecule has 0 radical (unpaired) electrons. The van der Waals surface area contributed by atoms with Crippen LogP contribution in [0.4, 0.5) is 13.2 Å². The summed E-state index contributed by atoms with van der Waals surface area (Å²) in [6.07, 6.45) is -4.34. The summed E-state index contributed by atoms with van der Waals surface area (Å²) in [6.45, 7) is 4.42. The summed E-state index contributed by atoms with van der Waals surface area (Å²) < 4.78 is 36.6. The standard InChI is InChI=1S/C6H9F3N2/c1-4(2,3)5(10-11-5)6(7,8)9/h1-3H3. The molecule has 0 aromatic carbocycles. The van der Waals surface area contributed by atoms with Crippen LogP contribution in [-0.4, -0.2) is 11.8 Å². The van der Waals surface area contributed by atoms with Crippen LogP contribution in [-0.2, 0) is 0 Å². The SMILES string of the molecule is CC(C)(C)C1(C(F)(F)F)N=N1. The molecule has 1 aliphatic rings. The van der Waals surface area contributed by atoms with E-state index >= 15 is 0 Å². The summed E-state index contributed by atoms with van der Waals surface area (Å²) in [6, 6.07) is 0. The van der Waals surface area contributed by atoms with Crippen LogP contribution in [0.5, 0.6) is 0 Å². The lowest BCUT2D eigenvalue weighted by molar-refractivity contribution is -0.186. The third-order valence-electron chi connectivity index (χ3n) is 1.74. The maximum atomic E-state index is 12.2. The summed E-state index contributed by atoms with van der Waals surface area (Å²) in [5.41, 5.74) is -3.09. The Kier molecular flexibility index (Phi) is 1.36. The van der Waals surface area contributed by atoms with Crippen LogP contribution in [0.3, 0.4) is 0 Å². The molecule has 1 rings (SSSR count). The van der Waals surface area contributed by atoms with Crippen LogP contribution >= 0.6 is 0 Å². The Hall–Kier alpha value is -0.610. The maximum absolute atomic E-state index is 12.2. The molecule has 0 saturated carbocycles. The molecule has 0 fully saturated rings. The summed E-state index contributed by atoms with van der Waals surface area (Å²) in [4.78, 5) is 0. The molecule has 0 spiro atoms. The highest BCUT2D eigenvalue weighted by Crippen LogP contribution is 2.54. The van der Waals surface area contributed by atoms with Crippen LogP contribution in [0, 0.1) is 5.41 Å². The van der Waals surface area contributed by atoms with Gasteiger partial charge in [0.2, 0.25) is 0 Å². The van der Waals surface area contributed by atoms with Crippen molar-refractivity contribution in [3.63, 3.8) is 0 Å². The minimum atomic E-state index is -4.34.